The number of benzene rings is 3. The first kappa shape index (κ1) is 21.7. The van der Waals surface area contributed by atoms with E-state index in [9.17, 15) is 5.11 Å². The molecule has 0 unspecified atom stereocenters. The summed E-state index contributed by atoms with van der Waals surface area (Å²) in [4.78, 5) is 14.3. The molecule has 0 atom stereocenters. The molecule has 0 aliphatic carbocycles. The molecule has 0 radical (unpaired) electrons. The summed E-state index contributed by atoms with van der Waals surface area (Å²) in [7, 11) is 1.71. The zero-order valence-corrected chi connectivity index (χ0v) is 19.7. The largest absolute Gasteiger partial charge is 0.508 e. The molecule has 0 aliphatic heterocycles. The summed E-state index contributed by atoms with van der Waals surface area (Å²) in [6.45, 7) is 0.730. The summed E-state index contributed by atoms with van der Waals surface area (Å²) in [5.74, 6) is 1.09. The van der Waals surface area contributed by atoms with E-state index in [1.54, 1.807) is 19.2 Å². The Balaban J connectivity index is 1.39. The second-order valence-electron chi connectivity index (χ2n) is 8.74. The van der Waals surface area contributed by atoms with E-state index < -0.39 is 0 Å². The first-order chi connectivity index (χ1) is 17.6. The van der Waals surface area contributed by atoms with Crippen LogP contribution >= 0.6 is 0 Å². The summed E-state index contributed by atoms with van der Waals surface area (Å²) >= 11 is 0. The molecule has 6 rings (SSSR count). The number of hydrogen-bond donors (Lipinski definition) is 3. The highest BCUT2D eigenvalue weighted by Crippen LogP contribution is 2.32. The number of phenols is 1. The predicted molar refractivity (Wildman–Crippen MR) is 139 cm³/mol. The van der Waals surface area contributed by atoms with Gasteiger partial charge in [-0.1, -0.05) is 42.5 Å². The maximum absolute atomic E-state index is 9.55. The van der Waals surface area contributed by atoms with Crippen molar-refractivity contribution >= 4 is 27.5 Å². The molecular formula is C27H24N8O. The van der Waals surface area contributed by atoms with E-state index in [0.29, 0.717) is 11.6 Å². The summed E-state index contributed by atoms with van der Waals surface area (Å²) in [5, 5.41) is 27.4. The van der Waals surface area contributed by atoms with Gasteiger partial charge < -0.3 is 15.4 Å². The van der Waals surface area contributed by atoms with Crippen LogP contribution in [-0.4, -0.2) is 46.8 Å². The van der Waals surface area contributed by atoms with Crippen LogP contribution in [0, 0.1) is 0 Å². The lowest BCUT2D eigenvalue weighted by Crippen LogP contribution is -2.05. The number of aromatic nitrogens is 7. The molecular weight excluding hydrogens is 452 g/mol. The van der Waals surface area contributed by atoms with Crippen molar-refractivity contribution in [1.29, 1.82) is 0 Å². The summed E-state index contributed by atoms with van der Waals surface area (Å²) < 4.78 is 0. The number of rotatable bonds is 7. The molecule has 3 aromatic carbocycles. The molecule has 0 fully saturated rings. The van der Waals surface area contributed by atoms with Gasteiger partial charge in [0.1, 0.15) is 5.75 Å². The van der Waals surface area contributed by atoms with Crippen LogP contribution in [0.3, 0.4) is 0 Å². The standard InChI is InChI=1S/C27H24N8O/c1-35-33-27(32-34-35)26-29-16-22-24(31-26)15-23(28-12-11-17-7-9-20(36)10-8-17)21-14-19(30-25(21)22)13-18-5-3-2-4-6-18/h2-10,14-16,28,30,36H,11-13H2,1H3. The summed E-state index contributed by atoms with van der Waals surface area (Å²) in [6, 6.07) is 21.9. The van der Waals surface area contributed by atoms with E-state index in [0.717, 1.165) is 58.1 Å². The van der Waals surface area contributed by atoms with Gasteiger partial charge in [0.2, 0.25) is 11.6 Å². The lowest BCUT2D eigenvalue weighted by Gasteiger charge is -2.10. The molecule has 0 saturated heterocycles. The average Bonchev–Trinajstić information content (AvgIpc) is 3.52. The van der Waals surface area contributed by atoms with Crippen LogP contribution in [0.15, 0.2) is 72.9 Å². The minimum absolute atomic E-state index is 0.272. The zero-order chi connectivity index (χ0) is 24.5. The van der Waals surface area contributed by atoms with Crippen molar-refractivity contribution in [2.75, 3.05) is 11.9 Å². The van der Waals surface area contributed by atoms with E-state index in [-0.39, 0.29) is 5.75 Å². The molecule has 9 nitrogen and oxygen atoms in total. The maximum Gasteiger partial charge on any atom is 0.242 e. The number of H-pyrrole nitrogens is 1. The van der Waals surface area contributed by atoms with Gasteiger partial charge in [0, 0.05) is 41.3 Å². The Morgan fingerprint density at radius 1 is 0.944 bits per heavy atom. The van der Waals surface area contributed by atoms with E-state index in [1.807, 2.05) is 24.4 Å². The quantitative estimate of drug-likeness (QED) is 0.315. The molecule has 3 aromatic heterocycles. The van der Waals surface area contributed by atoms with Gasteiger partial charge in [0.25, 0.3) is 0 Å². The number of nitrogens with one attached hydrogen (secondary N) is 2. The van der Waals surface area contributed by atoms with Gasteiger partial charge in [0.15, 0.2) is 0 Å². The van der Waals surface area contributed by atoms with E-state index in [1.165, 1.54) is 10.4 Å². The van der Waals surface area contributed by atoms with Crippen molar-refractivity contribution in [3.8, 4) is 17.4 Å². The smallest absolute Gasteiger partial charge is 0.242 e. The van der Waals surface area contributed by atoms with Crippen LogP contribution in [0.25, 0.3) is 33.5 Å². The second-order valence-corrected chi connectivity index (χ2v) is 8.74. The summed E-state index contributed by atoms with van der Waals surface area (Å²) in [5.41, 5.74) is 6.27. The number of anilines is 1. The molecule has 3 heterocycles. The van der Waals surface area contributed by atoms with Gasteiger partial charge in [-0.3, -0.25) is 0 Å². The van der Waals surface area contributed by atoms with Crippen LogP contribution in [0.1, 0.15) is 16.8 Å². The number of phenolic OH excluding ortho intramolecular Hbond substituents is 1. The Kier molecular flexibility index (Phi) is 5.49. The lowest BCUT2D eigenvalue weighted by molar-refractivity contribution is 0.475. The normalized spacial score (nSPS) is 11.4. The van der Waals surface area contributed by atoms with Crippen molar-refractivity contribution < 1.29 is 5.11 Å². The van der Waals surface area contributed by atoms with Gasteiger partial charge >= 0.3 is 0 Å². The van der Waals surface area contributed by atoms with E-state index >= 15 is 0 Å². The Labute approximate surface area is 206 Å². The van der Waals surface area contributed by atoms with Crippen molar-refractivity contribution in [2.45, 2.75) is 12.8 Å². The molecule has 36 heavy (non-hydrogen) atoms. The predicted octanol–water partition coefficient (Wildman–Crippen LogP) is 4.25. The van der Waals surface area contributed by atoms with E-state index in [4.69, 9.17) is 4.98 Å². The van der Waals surface area contributed by atoms with Crippen molar-refractivity contribution in [2.24, 2.45) is 7.05 Å². The highest BCUT2D eigenvalue weighted by molar-refractivity contribution is 6.10. The van der Waals surface area contributed by atoms with Crippen LogP contribution in [0.4, 0.5) is 5.69 Å². The number of nitrogens with zero attached hydrogens (tertiary/aromatic N) is 6. The minimum atomic E-state index is 0.272. The molecule has 3 N–H and O–H groups in total. The number of tetrazole rings is 1. The molecule has 0 aliphatic rings. The highest BCUT2D eigenvalue weighted by atomic mass is 16.3. The van der Waals surface area contributed by atoms with Crippen LogP contribution in [-0.2, 0) is 19.9 Å². The Morgan fingerprint density at radius 3 is 2.56 bits per heavy atom. The lowest BCUT2D eigenvalue weighted by atomic mass is 10.1. The number of fused-ring (bicyclic) bond motifs is 3. The van der Waals surface area contributed by atoms with Crippen molar-refractivity contribution in [3.63, 3.8) is 0 Å². The molecule has 0 spiro atoms. The second kappa shape index (κ2) is 9.10. The van der Waals surface area contributed by atoms with Crippen LogP contribution in [0.5, 0.6) is 5.75 Å². The molecule has 178 valence electrons. The van der Waals surface area contributed by atoms with Gasteiger partial charge in [-0.15, -0.1) is 10.2 Å². The average molecular weight is 477 g/mol. The van der Waals surface area contributed by atoms with Crippen LogP contribution < -0.4 is 5.32 Å². The van der Waals surface area contributed by atoms with Gasteiger partial charge in [-0.25, -0.2) is 9.97 Å². The Hall–Kier alpha value is -4.79. The fourth-order valence-electron chi connectivity index (χ4n) is 4.39. The Bertz CT molecular complexity index is 1660. The first-order valence-electron chi connectivity index (χ1n) is 11.7. The summed E-state index contributed by atoms with van der Waals surface area (Å²) in [6.07, 6.45) is 3.44. The number of aryl methyl sites for hydroxylation is 1. The molecule has 0 saturated carbocycles. The number of hydrogen-bond acceptors (Lipinski definition) is 7. The minimum Gasteiger partial charge on any atom is -0.508 e. The molecule has 0 bridgehead atoms. The van der Waals surface area contributed by atoms with Crippen molar-refractivity contribution in [3.05, 3.63) is 89.7 Å². The SMILES string of the molecule is Cn1nnc(-c2ncc3c(cc(NCCc4ccc(O)cc4)c4cc(Cc5ccccc5)[nH]c43)n2)n1. The number of aromatic hydroxyl groups is 1. The monoisotopic (exact) mass is 476 g/mol. The number of aromatic amines is 1. The topological polar surface area (TPSA) is 117 Å². The van der Waals surface area contributed by atoms with Gasteiger partial charge in [0.05, 0.1) is 18.1 Å². The van der Waals surface area contributed by atoms with Gasteiger partial charge in [-0.05, 0) is 47.0 Å². The fraction of sp³-hybridized carbons (Fsp3) is 0.148. The zero-order valence-electron chi connectivity index (χ0n) is 19.7. The van der Waals surface area contributed by atoms with Crippen LogP contribution in [0.2, 0.25) is 0 Å². The third kappa shape index (κ3) is 4.34. The highest BCUT2D eigenvalue weighted by Gasteiger charge is 2.15. The maximum atomic E-state index is 9.55. The third-order valence-electron chi connectivity index (χ3n) is 6.14. The molecule has 6 aromatic rings. The molecule has 9 heteroatoms. The fourth-order valence-corrected chi connectivity index (χ4v) is 4.39. The van der Waals surface area contributed by atoms with E-state index in [2.05, 4.69) is 67.1 Å². The Morgan fingerprint density at radius 2 is 1.78 bits per heavy atom. The van der Waals surface area contributed by atoms with Gasteiger partial charge in [-0.2, -0.15) is 4.80 Å². The van der Waals surface area contributed by atoms with Crippen molar-refractivity contribution in [1.82, 2.24) is 35.2 Å². The first-order valence-corrected chi connectivity index (χ1v) is 11.7. The molecule has 0 amide bonds. The third-order valence-corrected chi connectivity index (χ3v) is 6.14.